The molecule has 10 heteroatoms. The Morgan fingerprint density at radius 2 is 2.06 bits per heavy atom. The molecular formula is C26H36N4O4S2. The maximum atomic E-state index is 11.0. The van der Waals surface area contributed by atoms with Crippen molar-refractivity contribution in [1.82, 2.24) is 15.4 Å². The van der Waals surface area contributed by atoms with Crippen molar-refractivity contribution in [2.45, 2.75) is 81.2 Å². The first-order chi connectivity index (χ1) is 17.2. The normalized spacial score (nSPS) is 12.4. The van der Waals surface area contributed by atoms with E-state index in [2.05, 4.69) is 55.1 Å². The Bertz CT molecular complexity index is 1090. The van der Waals surface area contributed by atoms with Crippen LogP contribution >= 0.6 is 23.1 Å². The monoisotopic (exact) mass is 532 g/mol. The zero-order valence-corrected chi connectivity index (χ0v) is 23.0. The molecule has 3 rings (SSSR count). The van der Waals surface area contributed by atoms with Crippen molar-refractivity contribution < 1.29 is 19.2 Å². The smallest absolute Gasteiger partial charge is 0.243 e. The molecule has 1 amide bonds. The number of nitrogens with one attached hydrogen (secondary N) is 2. The van der Waals surface area contributed by atoms with E-state index >= 15 is 0 Å². The number of amides is 1. The maximum Gasteiger partial charge on any atom is 0.243 e. The van der Waals surface area contributed by atoms with Gasteiger partial charge in [0.2, 0.25) is 11.8 Å². The zero-order chi connectivity index (χ0) is 26.0. The van der Waals surface area contributed by atoms with Crippen molar-refractivity contribution in [2.24, 2.45) is 0 Å². The quantitative estimate of drug-likeness (QED) is 0.0973. The number of ether oxygens (including phenoxy) is 1. The first-order valence-electron chi connectivity index (χ1n) is 12.2. The predicted octanol–water partition coefficient (Wildman–Crippen LogP) is 6.21. The number of unbranched alkanes of at least 4 members (excludes halogenated alkanes) is 2. The van der Waals surface area contributed by atoms with E-state index in [1.807, 2.05) is 24.5 Å². The average Bonchev–Trinajstić information content (AvgIpc) is 3.49. The van der Waals surface area contributed by atoms with E-state index in [0.29, 0.717) is 18.8 Å². The van der Waals surface area contributed by atoms with E-state index in [1.54, 1.807) is 28.6 Å². The lowest BCUT2D eigenvalue weighted by molar-refractivity contribution is -0.129. The number of oxazole rings is 1. The Hall–Kier alpha value is -2.56. The number of carbonyl (C=O) groups excluding carboxylic acids is 1. The van der Waals surface area contributed by atoms with Crippen molar-refractivity contribution in [2.75, 3.05) is 11.9 Å². The van der Waals surface area contributed by atoms with Crippen LogP contribution in [0.2, 0.25) is 0 Å². The minimum absolute atomic E-state index is 0.0407. The second kappa shape index (κ2) is 13.7. The van der Waals surface area contributed by atoms with Gasteiger partial charge in [-0.25, -0.2) is 15.4 Å². The third kappa shape index (κ3) is 9.48. The third-order valence-corrected chi connectivity index (χ3v) is 7.47. The van der Waals surface area contributed by atoms with Crippen LogP contribution in [0.3, 0.4) is 0 Å². The molecule has 0 aliphatic rings. The summed E-state index contributed by atoms with van der Waals surface area (Å²) in [5, 5.41) is 12.9. The van der Waals surface area contributed by atoms with Gasteiger partial charge in [-0.1, -0.05) is 44.2 Å². The minimum Gasteiger partial charge on any atom is -0.494 e. The lowest BCUT2D eigenvalue weighted by Gasteiger charge is -2.14. The van der Waals surface area contributed by atoms with Gasteiger partial charge in [-0.05, 0) is 50.3 Å². The zero-order valence-electron chi connectivity index (χ0n) is 21.4. The van der Waals surface area contributed by atoms with Crippen LogP contribution in [-0.2, 0) is 22.4 Å². The Morgan fingerprint density at radius 1 is 1.22 bits per heavy atom. The number of hydrogen-bond acceptors (Lipinski definition) is 9. The van der Waals surface area contributed by atoms with Crippen LogP contribution in [0.25, 0.3) is 0 Å². The fourth-order valence-electron chi connectivity index (χ4n) is 3.44. The summed E-state index contributed by atoms with van der Waals surface area (Å²) in [5.74, 6) is 2.81. The fraction of sp³-hybridized carbons (Fsp3) is 0.500. The molecule has 0 saturated heterocycles. The van der Waals surface area contributed by atoms with E-state index in [1.165, 1.54) is 5.56 Å². The van der Waals surface area contributed by atoms with E-state index in [-0.39, 0.29) is 17.4 Å². The SMILES string of the molecule is CC(Cc1cccc(OCCCCCC(=O)NO)c1)Nc1ncc(SCc2ncc(C(C)(C)C)o2)s1. The van der Waals surface area contributed by atoms with E-state index in [0.717, 1.165) is 52.4 Å². The van der Waals surface area contributed by atoms with Crippen LogP contribution in [0.5, 0.6) is 5.75 Å². The first-order valence-corrected chi connectivity index (χ1v) is 14.0. The summed E-state index contributed by atoms with van der Waals surface area (Å²) in [7, 11) is 0. The van der Waals surface area contributed by atoms with Crippen molar-refractivity contribution in [1.29, 1.82) is 0 Å². The predicted molar refractivity (Wildman–Crippen MR) is 144 cm³/mol. The number of hydrogen-bond donors (Lipinski definition) is 3. The largest absolute Gasteiger partial charge is 0.494 e. The summed E-state index contributed by atoms with van der Waals surface area (Å²) in [6, 6.07) is 8.35. The molecule has 0 spiro atoms. The van der Waals surface area contributed by atoms with Gasteiger partial charge in [0.25, 0.3) is 0 Å². The van der Waals surface area contributed by atoms with Gasteiger partial charge in [0, 0.05) is 17.9 Å². The van der Waals surface area contributed by atoms with Gasteiger partial charge < -0.3 is 14.5 Å². The molecule has 0 aliphatic heterocycles. The van der Waals surface area contributed by atoms with Crippen LogP contribution in [0, 0.1) is 0 Å². The number of hydroxylamine groups is 1. The second-order valence-electron chi connectivity index (χ2n) is 9.73. The topological polar surface area (TPSA) is 110 Å². The van der Waals surface area contributed by atoms with Crippen LogP contribution in [-0.4, -0.2) is 33.7 Å². The molecule has 0 radical (unpaired) electrons. The van der Waals surface area contributed by atoms with E-state index < -0.39 is 0 Å². The van der Waals surface area contributed by atoms with Crippen molar-refractivity contribution >= 4 is 34.1 Å². The summed E-state index contributed by atoms with van der Waals surface area (Å²) in [4.78, 5) is 19.9. The average molecular weight is 533 g/mol. The number of thioether (sulfide) groups is 1. The molecule has 0 aliphatic carbocycles. The molecule has 0 fully saturated rings. The van der Waals surface area contributed by atoms with Crippen molar-refractivity contribution in [3.8, 4) is 5.75 Å². The fourth-order valence-corrected chi connectivity index (χ4v) is 5.27. The van der Waals surface area contributed by atoms with Gasteiger partial charge in [-0.3, -0.25) is 10.0 Å². The summed E-state index contributed by atoms with van der Waals surface area (Å²) in [6.07, 6.45) is 7.35. The molecule has 2 aromatic heterocycles. The number of thiazole rings is 1. The summed E-state index contributed by atoms with van der Waals surface area (Å²) in [5.41, 5.74) is 2.80. The van der Waals surface area contributed by atoms with Crippen LogP contribution < -0.4 is 15.5 Å². The molecule has 8 nitrogen and oxygen atoms in total. The Kier molecular flexibility index (Phi) is 10.6. The Balaban J connectivity index is 1.39. The summed E-state index contributed by atoms with van der Waals surface area (Å²) in [6.45, 7) is 9.09. The molecule has 36 heavy (non-hydrogen) atoms. The highest BCUT2D eigenvalue weighted by Gasteiger charge is 2.19. The van der Waals surface area contributed by atoms with Crippen LogP contribution in [0.15, 0.2) is 45.3 Å². The number of anilines is 1. The van der Waals surface area contributed by atoms with Crippen LogP contribution in [0.1, 0.15) is 70.6 Å². The molecular weight excluding hydrogens is 496 g/mol. The number of carbonyl (C=O) groups is 1. The highest BCUT2D eigenvalue weighted by Crippen LogP contribution is 2.32. The Labute approximate surface area is 221 Å². The summed E-state index contributed by atoms with van der Waals surface area (Å²) >= 11 is 3.31. The lowest BCUT2D eigenvalue weighted by atomic mass is 9.94. The number of aromatic nitrogens is 2. The van der Waals surface area contributed by atoms with Gasteiger partial charge in [0.05, 0.1) is 29.0 Å². The molecule has 0 bridgehead atoms. The first kappa shape index (κ1) is 28.0. The molecule has 3 aromatic rings. The molecule has 0 saturated carbocycles. The minimum atomic E-state index is -0.347. The number of nitrogens with zero attached hydrogens (tertiary/aromatic N) is 2. The highest BCUT2D eigenvalue weighted by molar-refractivity contribution is 8.00. The third-order valence-electron chi connectivity index (χ3n) is 5.37. The molecule has 2 heterocycles. The standard InChI is InChI=1S/C26H36N4O4S2/c1-18(13-19-9-8-10-20(14-19)33-12-7-5-6-11-22(31)30-32)29-25-28-16-24(36-25)35-17-23-27-15-21(34-23)26(2,3)4/h8-10,14-16,18,32H,5-7,11-13,17H2,1-4H3,(H,28,29)(H,30,31). The van der Waals surface area contributed by atoms with Gasteiger partial charge in [-0.15, -0.1) is 11.8 Å². The molecule has 1 atom stereocenters. The maximum absolute atomic E-state index is 11.0. The van der Waals surface area contributed by atoms with E-state index in [4.69, 9.17) is 14.4 Å². The van der Waals surface area contributed by atoms with Crippen molar-refractivity contribution in [3.63, 3.8) is 0 Å². The second-order valence-corrected chi connectivity index (χ2v) is 12.0. The van der Waals surface area contributed by atoms with E-state index in [9.17, 15) is 4.79 Å². The van der Waals surface area contributed by atoms with Gasteiger partial charge >= 0.3 is 0 Å². The van der Waals surface area contributed by atoms with Crippen LogP contribution in [0.4, 0.5) is 5.13 Å². The lowest BCUT2D eigenvalue weighted by Crippen LogP contribution is -2.18. The Morgan fingerprint density at radius 3 is 2.81 bits per heavy atom. The van der Waals surface area contributed by atoms with Crippen molar-refractivity contribution in [3.05, 3.63) is 53.9 Å². The highest BCUT2D eigenvalue weighted by atomic mass is 32.2. The number of rotatable bonds is 14. The number of benzene rings is 1. The molecule has 196 valence electrons. The molecule has 1 unspecified atom stereocenters. The van der Waals surface area contributed by atoms with Gasteiger partial charge in [0.1, 0.15) is 11.5 Å². The van der Waals surface area contributed by atoms with Gasteiger partial charge in [-0.2, -0.15) is 0 Å². The molecule has 3 N–H and O–H groups in total. The molecule has 1 aromatic carbocycles. The summed E-state index contributed by atoms with van der Waals surface area (Å²) < 4.78 is 12.9. The van der Waals surface area contributed by atoms with Gasteiger partial charge in [0.15, 0.2) is 5.13 Å².